The van der Waals surface area contributed by atoms with Gasteiger partial charge >= 0.3 is 0 Å². The minimum absolute atomic E-state index is 0.231. The highest BCUT2D eigenvalue weighted by Gasteiger charge is 2.19. The normalized spacial score (nSPS) is 11.6. The van der Waals surface area contributed by atoms with Crippen molar-refractivity contribution < 1.29 is 8.42 Å². The summed E-state index contributed by atoms with van der Waals surface area (Å²) < 4.78 is 28.2. The largest absolute Gasteiger partial charge is 0.256 e. The van der Waals surface area contributed by atoms with E-state index in [1.54, 1.807) is 17.5 Å². The van der Waals surface area contributed by atoms with Crippen LogP contribution in [-0.4, -0.2) is 13.4 Å². The van der Waals surface area contributed by atoms with Crippen LogP contribution in [0.4, 0.5) is 0 Å². The van der Waals surface area contributed by atoms with Crippen LogP contribution in [0.3, 0.4) is 0 Å². The molecular formula is C19H20N2O2S2. The van der Waals surface area contributed by atoms with Gasteiger partial charge in [-0.1, -0.05) is 17.7 Å². The lowest BCUT2D eigenvalue weighted by atomic mass is 10.1. The van der Waals surface area contributed by atoms with Crippen molar-refractivity contribution in [1.29, 1.82) is 0 Å². The van der Waals surface area contributed by atoms with Crippen LogP contribution >= 0.6 is 11.3 Å². The van der Waals surface area contributed by atoms with Crippen molar-refractivity contribution in [2.24, 2.45) is 0 Å². The first kappa shape index (κ1) is 17.8. The molecule has 130 valence electrons. The Hall–Kier alpha value is -2.02. The first-order chi connectivity index (χ1) is 11.9. The second kappa shape index (κ2) is 7.07. The maximum absolute atomic E-state index is 12.7. The lowest BCUT2D eigenvalue weighted by Crippen LogP contribution is -2.25. The lowest BCUT2D eigenvalue weighted by Gasteiger charge is -2.13. The van der Waals surface area contributed by atoms with Crippen LogP contribution in [0.15, 0.2) is 52.2 Å². The lowest BCUT2D eigenvalue weighted by molar-refractivity contribution is 0.580. The van der Waals surface area contributed by atoms with E-state index in [9.17, 15) is 8.42 Å². The zero-order valence-electron chi connectivity index (χ0n) is 14.4. The van der Waals surface area contributed by atoms with Gasteiger partial charge in [0.1, 0.15) is 0 Å². The van der Waals surface area contributed by atoms with E-state index in [0.717, 1.165) is 33.5 Å². The summed E-state index contributed by atoms with van der Waals surface area (Å²) in [5.41, 5.74) is 5.35. The Kier molecular flexibility index (Phi) is 5.03. The Morgan fingerprint density at radius 3 is 2.44 bits per heavy atom. The van der Waals surface area contributed by atoms with Crippen LogP contribution in [0.5, 0.6) is 0 Å². The summed E-state index contributed by atoms with van der Waals surface area (Å²) >= 11 is 1.61. The molecule has 3 rings (SSSR count). The van der Waals surface area contributed by atoms with E-state index in [1.165, 1.54) is 0 Å². The zero-order chi connectivity index (χ0) is 18.0. The minimum Gasteiger partial charge on any atom is -0.256 e. The number of pyridine rings is 1. The molecule has 2 aromatic heterocycles. The first-order valence-electron chi connectivity index (χ1n) is 7.92. The van der Waals surface area contributed by atoms with Crippen molar-refractivity contribution >= 4 is 21.4 Å². The number of benzene rings is 1. The van der Waals surface area contributed by atoms with Crippen LogP contribution in [0.1, 0.15) is 22.3 Å². The topological polar surface area (TPSA) is 59.1 Å². The number of hydrogen-bond acceptors (Lipinski definition) is 4. The van der Waals surface area contributed by atoms with Crippen LogP contribution in [0, 0.1) is 20.8 Å². The predicted molar refractivity (Wildman–Crippen MR) is 102 cm³/mol. The van der Waals surface area contributed by atoms with Crippen molar-refractivity contribution in [3.8, 4) is 11.3 Å². The Labute approximate surface area is 152 Å². The molecule has 0 spiro atoms. The van der Waals surface area contributed by atoms with Crippen molar-refractivity contribution in [3.63, 3.8) is 0 Å². The molecule has 1 N–H and O–H groups in total. The van der Waals surface area contributed by atoms with Crippen molar-refractivity contribution in [1.82, 2.24) is 9.71 Å². The van der Waals surface area contributed by atoms with Gasteiger partial charge in [-0.2, -0.15) is 11.3 Å². The zero-order valence-corrected chi connectivity index (χ0v) is 16.0. The molecular weight excluding hydrogens is 352 g/mol. The molecule has 0 saturated carbocycles. The molecule has 0 aliphatic heterocycles. The van der Waals surface area contributed by atoms with E-state index >= 15 is 0 Å². The molecule has 0 fully saturated rings. The summed E-state index contributed by atoms with van der Waals surface area (Å²) in [4.78, 5) is 4.72. The van der Waals surface area contributed by atoms with Gasteiger partial charge in [-0.25, -0.2) is 13.1 Å². The third kappa shape index (κ3) is 3.98. The molecule has 0 aliphatic rings. The number of aryl methyl sites for hydroxylation is 3. The molecule has 0 radical (unpaired) electrons. The highest BCUT2D eigenvalue weighted by molar-refractivity contribution is 7.89. The van der Waals surface area contributed by atoms with Gasteiger partial charge in [0, 0.05) is 23.7 Å². The van der Waals surface area contributed by atoms with Crippen molar-refractivity contribution in [2.45, 2.75) is 32.2 Å². The predicted octanol–water partition coefficient (Wildman–Crippen LogP) is 4.21. The fourth-order valence-corrected chi connectivity index (χ4v) is 5.11. The van der Waals surface area contributed by atoms with Gasteiger partial charge in [-0.05, 0) is 61.0 Å². The molecule has 0 bridgehead atoms. The minimum atomic E-state index is -3.57. The van der Waals surface area contributed by atoms with E-state index in [0.29, 0.717) is 4.90 Å². The Morgan fingerprint density at radius 2 is 1.80 bits per heavy atom. The van der Waals surface area contributed by atoms with Crippen molar-refractivity contribution in [3.05, 3.63) is 69.5 Å². The highest BCUT2D eigenvalue weighted by Crippen LogP contribution is 2.23. The molecule has 0 saturated heterocycles. The van der Waals surface area contributed by atoms with Crippen molar-refractivity contribution in [2.75, 3.05) is 0 Å². The third-order valence-electron chi connectivity index (χ3n) is 3.98. The molecule has 3 aromatic rings. The second-order valence-electron chi connectivity index (χ2n) is 6.11. The molecule has 0 unspecified atom stereocenters. The quantitative estimate of drug-likeness (QED) is 0.730. The summed E-state index contributed by atoms with van der Waals surface area (Å²) in [6.45, 7) is 5.85. The maximum atomic E-state index is 12.7. The number of nitrogens with one attached hydrogen (secondary N) is 1. The van der Waals surface area contributed by atoms with E-state index in [4.69, 9.17) is 0 Å². The molecule has 25 heavy (non-hydrogen) atoms. The molecule has 1 aromatic carbocycles. The first-order valence-corrected chi connectivity index (χ1v) is 10.3. The number of nitrogens with zero attached hydrogens (tertiary/aromatic N) is 1. The van der Waals surface area contributed by atoms with Gasteiger partial charge in [-0.3, -0.25) is 4.98 Å². The van der Waals surface area contributed by atoms with E-state index in [-0.39, 0.29) is 6.54 Å². The van der Waals surface area contributed by atoms with Crippen LogP contribution < -0.4 is 4.72 Å². The number of aromatic nitrogens is 1. The Balaban J connectivity index is 1.83. The molecule has 2 heterocycles. The molecule has 4 nitrogen and oxygen atoms in total. The standard InChI is InChI=1S/C19H20N2O2S2/c1-13-8-14(2)19(15(3)9-13)25(22,23)21-11-16-4-6-20-18(10-16)17-5-7-24-12-17/h4-10,12,21H,11H2,1-3H3. The number of sulfonamides is 1. The number of rotatable bonds is 5. The van der Waals surface area contributed by atoms with Gasteiger partial charge in [-0.15, -0.1) is 0 Å². The average Bonchev–Trinajstić information content (AvgIpc) is 3.06. The van der Waals surface area contributed by atoms with Crippen LogP contribution in [0.2, 0.25) is 0 Å². The fourth-order valence-electron chi connectivity index (χ4n) is 2.99. The van der Waals surface area contributed by atoms with Gasteiger partial charge in [0.15, 0.2) is 0 Å². The Morgan fingerprint density at radius 1 is 1.08 bits per heavy atom. The molecule has 6 heteroatoms. The number of thiophene rings is 1. The highest BCUT2D eigenvalue weighted by atomic mass is 32.2. The van der Waals surface area contributed by atoms with Gasteiger partial charge < -0.3 is 0 Å². The third-order valence-corrected chi connectivity index (χ3v) is 6.37. The second-order valence-corrected chi connectivity index (χ2v) is 8.60. The fraction of sp³-hybridized carbons (Fsp3) is 0.211. The summed E-state index contributed by atoms with van der Waals surface area (Å²) in [7, 11) is -3.57. The van der Waals surface area contributed by atoms with Crippen LogP contribution in [-0.2, 0) is 16.6 Å². The molecule has 0 amide bonds. The van der Waals surface area contributed by atoms with Gasteiger partial charge in [0.2, 0.25) is 10.0 Å². The number of hydrogen-bond donors (Lipinski definition) is 1. The van der Waals surface area contributed by atoms with Gasteiger partial charge in [0.25, 0.3) is 0 Å². The maximum Gasteiger partial charge on any atom is 0.241 e. The SMILES string of the molecule is Cc1cc(C)c(S(=O)(=O)NCc2ccnc(-c3ccsc3)c2)c(C)c1. The summed E-state index contributed by atoms with van der Waals surface area (Å²) in [5, 5.41) is 4.02. The Bertz CT molecular complexity index is 971. The summed E-state index contributed by atoms with van der Waals surface area (Å²) in [6, 6.07) is 9.53. The molecule has 0 atom stereocenters. The summed E-state index contributed by atoms with van der Waals surface area (Å²) in [5.74, 6) is 0. The summed E-state index contributed by atoms with van der Waals surface area (Å²) in [6.07, 6.45) is 1.71. The van der Waals surface area contributed by atoms with E-state index in [1.807, 2.05) is 61.9 Å². The van der Waals surface area contributed by atoms with Crippen LogP contribution in [0.25, 0.3) is 11.3 Å². The van der Waals surface area contributed by atoms with E-state index in [2.05, 4.69) is 9.71 Å². The van der Waals surface area contributed by atoms with Gasteiger partial charge in [0.05, 0.1) is 10.6 Å². The molecule has 0 aliphatic carbocycles. The smallest absolute Gasteiger partial charge is 0.241 e. The monoisotopic (exact) mass is 372 g/mol. The average molecular weight is 373 g/mol. The van der Waals surface area contributed by atoms with E-state index < -0.39 is 10.0 Å².